The normalized spacial score (nSPS) is 21.5. The molecule has 11 heteroatoms. The molecule has 0 saturated heterocycles. The van der Waals surface area contributed by atoms with Crippen LogP contribution in [0.2, 0.25) is 0 Å². The quantitative estimate of drug-likeness (QED) is 0.419. The van der Waals surface area contributed by atoms with E-state index in [9.17, 15) is 19.2 Å². The third kappa shape index (κ3) is 7.74. The maximum atomic E-state index is 13.7. The van der Waals surface area contributed by atoms with Gasteiger partial charge in [0, 0.05) is 25.7 Å². The number of para-hydroxylation sites is 1. The molecule has 1 saturated carbocycles. The number of nitrogens with one attached hydrogen (secondary N) is 4. The van der Waals surface area contributed by atoms with Crippen LogP contribution in [0.15, 0.2) is 24.3 Å². The van der Waals surface area contributed by atoms with Crippen LogP contribution < -0.4 is 26.0 Å². The van der Waals surface area contributed by atoms with Gasteiger partial charge in [-0.3, -0.25) is 23.9 Å². The van der Waals surface area contributed by atoms with Gasteiger partial charge < -0.3 is 26.0 Å². The predicted octanol–water partition coefficient (Wildman–Crippen LogP) is 2.63. The lowest BCUT2D eigenvalue weighted by Crippen LogP contribution is -2.62. The molecule has 4 amide bonds. The summed E-state index contributed by atoms with van der Waals surface area (Å²) >= 11 is 0. The van der Waals surface area contributed by atoms with E-state index in [0.717, 1.165) is 36.2 Å². The number of hydrogen-bond acceptors (Lipinski definition) is 6. The van der Waals surface area contributed by atoms with Crippen LogP contribution in [0.5, 0.6) is 5.75 Å². The van der Waals surface area contributed by atoms with Crippen LogP contribution in [0.3, 0.4) is 0 Å². The second-order valence-corrected chi connectivity index (χ2v) is 12.2. The lowest BCUT2D eigenvalue weighted by Gasteiger charge is -2.38. The fourth-order valence-electron chi connectivity index (χ4n) is 5.95. The van der Waals surface area contributed by atoms with Gasteiger partial charge in [-0.05, 0) is 63.1 Å². The van der Waals surface area contributed by atoms with Gasteiger partial charge >= 0.3 is 0 Å². The monoisotopic (exact) mass is 594 g/mol. The van der Waals surface area contributed by atoms with Crippen molar-refractivity contribution in [3.63, 3.8) is 0 Å². The summed E-state index contributed by atoms with van der Waals surface area (Å²) in [6, 6.07) is 5.54. The molecule has 2 aliphatic rings. The highest BCUT2D eigenvalue weighted by molar-refractivity contribution is 6.00. The third-order valence-electron chi connectivity index (χ3n) is 8.81. The van der Waals surface area contributed by atoms with Crippen molar-refractivity contribution >= 4 is 23.6 Å². The Kier molecular flexibility index (Phi) is 10.5. The van der Waals surface area contributed by atoms with Crippen LogP contribution in [0.4, 0.5) is 0 Å². The van der Waals surface area contributed by atoms with Gasteiger partial charge in [0.05, 0.1) is 17.3 Å². The molecule has 43 heavy (non-hydrogen) atoms. The van der Waals surface area contributed by atoms with E-state index < -0.39 is 17.5 Å². The number of amides is 4. The topological polar surface area (TPSA) is 143 Å². The fourth-order valence-corrected chi connectivity index (χ4v) is 5.95. The molecule has 0 unspecified atom stereocenters. The molecule has 1 aliphatic carbocycles. The number of benzene rings is 1. The van der Waals surface area contributed by atoms with Crippen molar-refractivity contribution < 1.29 is 23.9 Å². The summed E-state index contributed by atoms with van der Waals surface area (Å²) in [6.45, 7) is 8.41. The number of carbonyl (C=O) groups excluding carboxylic acids is 4. The SMILES string of the molecule is Cc1nn(C)c(C)c1CCNC(=O)[C@@H]1CCC(=O)NC2(CCCCC2)C(=O)N[C@H](C(C)C)COc2ccccc2C(=O)N1. The van der Waals surface area contributed by atoms with E-state index in [2.05, 4.69) is 26.4 Å². The second kappa shape index (κ2) is 14.1. The summed E-state index contributed by atoms with van der Waals surface area (Å²) in [5.41, 5.74) is 2.27. The highest BCUT2D eigenvalue weighted by atomic mass is 16.5. The van der Waals surface area contributed by atoms with Crippen LogP contribution in [0.1, 0.15) is 86.1 Å². The van der Waals surface area contributed by atoms with Crippen molar-refractivity contribution in [2.75, 3.05) is 13.2 Å². The summed E-state index contributed by atoms with van der Waals surface area (Å²) in [5, 5.41) is 16.4. The second-order valence-electron chi connectivity index (χ2n) is 12.2. The molecule has 2 atom stereocenters. The van der Waals surface area contributed by atoms with Gasteiger partial charge in [0.1, 0.15) is 23.9 Å². The van der Waals surface area contributed by atoms with Crippen molar-refractivity contribution in [3.05, 3.63) is 46.8 Å². The first-order chi connectivity index (χ1) is 20.5. The van der Waals surface area contributed by atoms with E-state index in [1.54, 1.807) is 24.3 Å². The van der Waals surface area contributed by atoms with E-state index in [1.165, 1.54) is 0 Å². The molecule has 0 radical (unpaired) electrons. The van der Waals surface area contributed by atoms with Crippen LogP contribution in [0.25, 0.3) is 0 Å². The Morgan fingerprint density at radius 3 is 2.51 bits per heavy atom. The summed E-state index contributed by atoms with van der Waals surface area (Å²) in [7, 11) is 1.88. The van der Waals surface area contributed by atoms with Crippen molar-refractivity contribution in [3.8, 4) is 5.75 Å². The number of aryl methyl sites for hydroxylation is 2. The number of aromatic nitrogens is 2. The lowest BCUT2D eigenvalue weighted by molar-refractivity contribution is -0.136. The summed E-state index contributed by atoms with van der Waals surface area (Å²) in [6.07, 6.45) is 4.40. The molecule has 234 valence electrons. The van der Waals surface area contributed by atoms with Crippen LogP contribution in [-0.2, 0) is 27.9 Å². The lowest BCUT2D eigenvalue weighted by atomic mass is 9.80. The molecule has 0 bridgehead atoms. The molecule has 1 spiro atoms. The average molecular weight is 595 g/mol. The van der Waals surface area contributed by atoms with E-state index >= 15 is 0 Å². The standard InChI is InChI=1S/C32H46N6O5/c1-20(2)26-19-43-27-12-8-7-11-24(27)29(40)34-25(30(41)33-18-15-23-21(3)37-38(5)22(23)4)13-14-28(39)36-32(31(42)35-26)16-9-6-10-17-32/h7-8,11-12,20,25-26H,6,9-10,13-19H2,1-5H3,(H,33,41)(H,34,40)(H,35,42)(H,36,39)/t25-,26-/m0/s1. The Bertz CT molecular complexity index is 1330. The van der Waals surface area contributed by atoms with Crippen LogP contribution in [0, 0.1) is 19.8 Å². The molecule has 2 heterocycles. The Labute approximate surface area is 253 Å². The van der Waals surface area contributed by atoms with Crippen LogP contribution in [-0.4, -0.2) is 64.2 Å². The minimum atomic E-state index is -1.01. The molecule has 1 aromatic carbocycles. The van der Waals surface area contributed by atoms with E-state index in [0.29, 0.717) is 31.6 Å². The maximum absolute atomic E-state index is 13.7. The molecule has 2 aromatic rings. The van der Waals surface area contributed by atoms with E-state index in [4.69, 9.17) is 4.74 Å². The molecule has 4 rings (SSSR count). The average Bonchev–Trinajstić information content (AvgIpc) is 3.22. The van der Waals surface area contributed by atoms with Gasteiger partial charge in [-0.25, -0.2) is 0 Å². The Morgan fingerprint density at radius 2 is 1.84 bits per heavy atom. The number of hydrogen-bond donors (Lipinski definition) is 4. The smallest absolute Gasteiger partial charge is 0.255 e. The fraction of sp³-hybridized carbons (Fsp3) is 0.594. The van der Waals surface area contributed by atoms with Gasteiger partial charge in [0.2, 0.25) is 17.7 Å². The summed E-state index contributed by atoms with van der Waals surface area (Å²) < 4.78 is 7.93. The third-order valence-corrected chi connectivity index (χ3v) is 8.81. The number of carbonyl (C=O) groups is 4. The first-order valence-corrected chi connectivity index (χ1v) is 15.4. The van der Waals surface area contributed by atoms with Gasteiger partial charge in [-0.2, -0.15) is 5.10 Å². The van der Waals surface area contributed by atoms with Crippen molar-refractivity contribution in [2.24, 2.45) is 13.0 Å². The molecule has 11 nitrogen and oxygen atoms in total. The minimum absolute atomic E-state index is 0.0278. The molecule has 4 N–H and O–H groups in total. The van der Waals surface area contributed by atoms with Gasteiger partial charge in [0.15, 0.2) is 0 Å². The molecular formula is C32H46N6O5. The maximum Gasteiger partial charge on any atom is 0.255 e. The van der Waals surface area contributed by atoms with Gasteiger partial charge in [-0.15, -0.1) is 0 Å². The van der Waals surface area contributed by atoms with Crippen molar-refractivity contribution in [1.82, 2.24) is 31.0 Å². The Morgan fingerprint density at radius 1 is 1.12 bits per heavy atom. The van der Waals surface area contributed by atoms with Crippen molar-refractivity contribution in [2.45, 2.75) is 96.7 Å². The van der Waals surface area contributed by atoms with E-state index in [1.807, 2.05) is 39.4 Å². The minimum Gasteiger partial charge on any atom is -0.491 e. The Hall–Kier alpha value is -3.89. The molecule has 1 aromatic heterocycles. The molecule has 1 fully saturated rings. The van der Waals surface area contributed by atoms with Gasteiger partial charge in [-0.1, -0.05) is 45.2 Å². The Balaban J connectivity index is 1.58. The zero-order valence-corrected chi connectivity index (χ0v) is 26.0. The zero-order valence-electron chi connectivity index (χ0n) is 26.0. The number of ether oxygens (including phenoxy) is 1. The zero-order chi connectivity index (χ0) is 31.1. The first kappa shape index (κ1) is 32.0. The number of fused-ring (bicyclic) bond motifs is 1. The predicted molar refractivity (Wildman–Crippen MR) is 163 cm³/mol. The number of nitrogens with zero attached hydrogens (tertiary/aromatic N) is 2. The summed E-state index contributed by atoms with van der Waals surface area (Å²) in [4.78, 5) is 53.9. The largest absolute Gasteiger partial charge is 0.491 e. The van der Waals surface area contributed by atoms with Crippen molar-refractivity contribution in [1.29, 1.82) is 0 Å². The number of rotatable bonds is 5. The van der Waals surface area contributed by atoms with Gasteiger partial charge in [0.25, 0.3) is 5.91 Å². The first-order valence-electron chi connectivity index (χ1n) is 15.4. The van der Waals surface area contributed by atoms with Crippen LogP contribution >= 0.6 is 0 Å². The molecule has 1 aliphatic heterocycles. The highest BCUT2D eigenvalue weighted by Crippen LogP contribution is 2.29. The molecular weight excluding hydrogens is 548 g/mol. The van der Waals surface area contributed by atoms with E-state index in [-0.39, 0.29) is 54.7 Å². The summed E-state index contributed by atoms with van der Waals surface area (Å²) in [5.74, 6) is -0.983. The highest BCUT2D eigenvalue weighted by Gasteiger charge is 2.42.